The number of piperidine rings is 1. The first kappa shape index (κ1) is 15.4. The number of fused-ring (bicyclic) bond motifs is 1. The molecule has 0 spiro atoms. The minimum atomic E-state index is 0.849. The van der Waals surface area contributed by atoms with Crippen LogP contribution in [0, 0.1) is 0 Å². The van der Waals surface area contributed by atoms with Crippen molar-refractivity contribution in [2.75, 3.05) is 29.9 Å². The van der Waals surface area contributed by atoms with Crippen molar-refractivity contribution in [1.82, 2.24) is 9.97 Å². The Morgan fingerprint density at radius 2 is 1.83 bits per heavy atom. The van der Waals surface area contributed by atoms with Crippen molar-refractivity contribution in [1.29, 1.82) is 0 Å². The number of hydrogen-bond acceptors (Lipinski definition) is 5. The lowest BCUT2D eigenvalue weighted by Gasteiger charge is -2.29. The van der Waals surface area contributed by atoms with E-state index < -0.39 is 0 Å². The Labute approximate surface area is 146 Å². The van der Waals surface area contributed by atoms with Crippen LogP contribution in [0.2, 0.25) is 0 Å². The van der Waals surface area contributed by atoms with Gasteiger partial charge in [-0.3, -0.25) is 0 Å². The van der Waals surface area contributed by atoms with Gasteiger partial charge in [0.05, 0.1) is 5.39 Å². The van der Waals surface area contributed by atoms with Gasteiger partial charge in [0.1, 0.15) is 17.0 Å². The molecule has 0 unspecified atom stereocenters. The van der Waals surface area contributed by atoms with Crippen LogP contribution >= 0.6 is 11.3 Å². The molecule has 0 N–H and O–H groups in total. The summed E-state index contributed by atoms with van der Waals surface area (Å²) in [6.45, 7) is 3.23. The molecule has 1 aliphatic rings. The maximum absolute atomic E-state index is 4.48. The van der Waals surface area contributed by atoms with E-state index in [1.807, 2.05) is 0 Å². The molecule has 5 heteroatoms. The largest absolute Gasteiger partial charge is 0.372 e. The Kier molecular flexibility index (Phi) is 4.34. The standard InChI is InChI=1S/C19H22N4S/c1-22(18-17-9-12-24-19(17)21-14-20-18)13-15-5-7-16(8-6-15)23-10-3-2-4-11-23/h5-9,12,14H,2-4,10-11,13H2,1H3. The minimum absolute atomic E-state index is 0.849. The fourth-order valence-electron chi connectivity index (χ4n) is 3.39. The summed E-state index contributed by atoms with van der Waals surface area (Å²) in [5.74, 6) is 1.00. The number of aromatic nitrogens is 2. The highest BCUT2D eigenvalue weighted by Gasteiger charge is 2.12. The maximum Gasteiger partial charge on any atom is 0.140 e. The third-order valence-electron chi connectivity index (χ3n) is 4.68. The van der Waals surface area contributed by atoms with Gasteiger partial charge in [0.2, 0.25) is 0 Å². The second kappa shape index (κ2) is 6.77. The molecule has 1 aromatic carbocycles. The van der Waals surface area contributed by atoms with Crippen LogP contribution in [0.25, 0.3) is 10.2 Å². The van der Waals surface area contributed by atoms with E-state index in [0.29, 0.717) is 0 Å². The summed E-state index contributed by atoms with van der Waals surface area (Å²) in [6.07, 6.45) is 5.66. The van der Waals surface area contributed by atoms with E-state index >= 15 is 0 Å². The molecule has 0 bridgehead atoms. The van der Waals surface area contributed by atoms with Crippen molar-refractivity contribution in [3.8, 4) is 0 Å². The first-order chi connectivity index (χ1) is 11.8. The molecule has 1 fully saturated rings. The normalized spacial score (nSPS) is 15.0. The zero-order chi connectivity index (χ0) is 16.4. The molecule has 124 valence electrons. The zero-order valence-corrected chi connectivity index (χ0v) is 14.8. The smallest absolute Gasteiger partial charge is 0.140 e. The minimum Gasteiger partial charge on any atom is -0.372 e. The molecular formula is C19H22N4S. The molecule has 24 heavy (non-hydrogen) atoms. The summed E-state index contributed by atoms with van der Waals surface area (Å²) in [5.41, 5.74) is 2.66. The average Bonchev–Trinajstić information content (AvgIpc) is 3.12. The van der Waals surface area contributed by atoms with Crippen LogP contribution in [0.5, 0.6) is 0 Å². The fourth-order valence-corrected chi connectivity index (χ4v) is 4.12. The Morgan fingerprint density at radius 3 is 2.62 bits per heavy atom. The van der Waals surface area contributed by atoms with E-state index in [9.17, 15) is 0 Å². The molecule has 1 aliphatic heterocycles. The van der Waals surface area contributed by atoms with Gasteiger partial charge in [0.25, 0.3) is 0 Å². The molecule has 0 saturated carbocycles. The number of anilines is 2. The molecule has 0 amide bonds. The van der Waals surface area contributed by atoms with Crippen LogP contribution in [-0.4, -0.2) is 30.1 Å². The molecule has 0 aliphatic carbocycles. The first-order valence-electron chi connectivity index (χ1n) is 8.54. The van der Waals surface area contributed by atoms with Crippen LogP contribution in [0.3, 0.4) is 0 Å². The van der Waals surface area contributed by atoms with Crippen molar-refractivity contribution in [3.63, 3.8) is 0 Å². The van der Waals surface area contributed by atoms with Crippen molar-refractivity contribution in [2.45, 2.75) is 25.8 Å². The summed E-state index contributed by atoms with van der Waals surface area (Å²) in [4.78, 5) is 14.6. The van der Waals surface area contributed by atoms with E-state index in [0.717, 1.165) is 22.6 Å². The summed E-state index contributed by atoms with van der Waals surface area (Å²) >= 11 is 1.66. The lowest BCUT2D eigenvalue weighted by molar-refractivity contribution is 0.578. The highest BCUT2D eigenvalue weighted by atomic mass is 32.1. The van der Waals surface area contributed by atoms with Crippen molar-refractivity contribution < 1.29 is 0 Å². The zero-order valence-electron chi connectivity index (χ0n) is 14.0. The first-order valence-corrected chi connectivity index (χ1v) is 9.42. The average molecular weight is 338 g/mol. The molecule has 0 atom stereocenters. The second-order valence-corrected chi connectivity index (χ2v) is 7.30. The molecular weight excluding hydrogens is 316 g/mol. The predicted molar refractivity (Wildman–Crippen MR) is 102 cm³/mol. The topological polar surface area (TPSA) is 32.3 Å². The van der Waals surface area contributed by atoms with Gasteiger partial charge < -0.3 is 9.80 Å². The lowest BCUT2D eigenvalue weighted by Crippen LogP contribution is -2.29. The van der Waals surface area contributed by atoms with E-state index in [1.165, 1.54) is 43.6 Å². The lowest BCUT2D eigenvalue weighted by atomic mass is 10.1. The van der Waals surface area contributed by atoms with Crippen LogP contribution in [0.4, 0.5) is 11.5 Å². The predicted octanol–water partition coefficient (Wildman–Crippen LogP) is 4.32. The molecule has 1 saturated heterocycles. The van der Waals surface area contributed by atoms with Gasteiger partial charge in [-0.05, 0) is 48.4 Å². The van der Waals surface area contributed by atoms with Crippen molar-refractivity contribution >= 4 is 33.1 Å². The highest BCUT2D eigenvalue weighted by Crippen LogP contribution is 2.27. The van der Waals surface area contributed by atoms with Gasteiger partial charge in [0.15, 0.2) is 0 Å². The SMILES string of the molecule is CN(Cc1ccc(N2CCCCC2)cc1)c1ncnc2sccc12. The van der Waals surface area contributed by atoms with E-state index in [4.69, 9.17) is 0 Å². The van der Waals surface area contributed by atoms with Gasteiger partial charge in [-0.2, -0.15) is 0 Å². The molecule has 4 nitrogen and oxygen atoms in total. The van der Waals surface area contributed by atoms with Crippen LogP contribution in [0.1, 0.15) is 24.8 Å². The maximum atomic E-state index is 4.48. The number of benzene rings is 1. The van der Waals surface area contributed by atoms with Crippen molar-refractivity contribution in [2.24, 2.45) is 0 Å². The van der Waals surface area contributed by atoms with Gasteiger partial charge >= 0.3 is 0 Å². The third kappa shape index (κ3) is 3.08. The van der Waals surface area contributed by atoms with Crippen molar-refractivity contribution in [3.05, 3.63) is 47.6 Å². The Bertz CT molecular complexity index is 806. The number of hydrogen-bond donors (Lipinski definition) is 0. The molecule has 3 heterocycles. The quantitative estimate of drug-likeness (QED) is 0.709. The molecule has 3 aromatic rings. The number of nitrogens with zero attached hydrogens (tertiary/aromatic N) is 4. The molecule has 2 aromatic heterocycles. The van der Waals surface area contributed by atoms with E-state index in [-0.39, 0.29) is 0 Å². The Morgan fingerprint density at radius 1 is 1.04 bits per heavy atom. The summed E-state index contributed by atoms with van der Waals surface area (Å²) in [5, 5.41) is 3.21. The van der Waals surface area contributed by atoms with E-state index in [2.05, 4.69) is 62.5 Å². The monoisotopic (exact) mass is 338 g/mol. The van der Waals surface area contributed by atoms with Crippen LogP contribution in [-0.2, 0) is 6.54 Å². The summed E-state index contributed by atoms with van der Waals surface area (Å²) in [6, 6.07) is 11.1. The summed E-state index contributed by atoms with van der Waals surface area (Å²) in [7, 11) is 2.10. The molecule has 0 radical (unpaired) electrons. The second-order valence-electron chi connectivity index (χ2n) is 6.41. The van der Waals surface area contributed by atoms with Crippen LogP contribution < -0.4 is 9.80 Å². The highest BCUT2D eigenvalue weighted by molar-refractivity contribution is 7.16. The third-order valence-corrected chi connectivity index (χ3v) is 5.50. The van der Waals surface area contributed by atoms with Gasteiger partial charge in [-0.15, -0.1) is 11.3 Å². The summed E-state index contributed by atoms with van der Waals surface area (Å²) < 4.78 is 0. The van der Waals surface area contributed by atoms with E-state index in [1.54, 1.807) is 17.7 Å². The van der Waals surface area contributed by atoms with Gasteiger partial charge in [-0.25, -0.2) is 9.97 Å². The fraction of sp³-hybridized carbons (Fsp3) is 0.368. The van der Waals surface area contributed by atoms with Crippen LogP contribution in [0.15, 0.2) is 42.0 Å². The Balaban J connectivity index is 1.49. The number of thiophene rings is 1. The molecule has 4 rings (SSSR count). The van der Waals surface area contributed by atoms with Gasteiger partial charge in [0, 0.05) is 32.4 Å². The van der Waals surface area contributed by atoms with Gasteiger partial charge in [-0.1, -0.05) is 12.1 Å². The number of rotatable bonds is 4. The Hall–Kier alpha value is -2.14.